The van der Waals surface area contributed by atoms with E-state index in [1.165, 1.54) is 4.57 Å². The van der Waals surface area contributed by atoms with Crippen LogP contribution in [-0.2, 0) is 7.05 Å². The molecule has 17 heavy (non-hydrogen) atoms. The van der Waals surface area contributed by atoms with Crippen molar-refractivity contribution in [3.05, 3.63) is 27.9 Å². The summed E-state index contributed by atoms with van der Waals surface area (Å²) >= 11 is 1.13. The minimum absolute atomic E-state index is 0.292. The Morgan fingerprint density at radius 2 is 2.29 bits per heavy atom. The summed E-state index contributed by atoms with van der Waals surface area (Å²) in [6.07, 6.45) is 0. The number of rotatable bonds is 2. The minimum Gasteiger partial charge on any atom is -0.273 e. The van der Waals surface area contributed by atoms with Crippen molar-refractivity contribution in [1.29, 1.82) is 5.26 Å². The number of nitrogens with zero attached hydrogens (tertiary/aromatic N) is 5. The molecule has 2 heterocycles. The van der Waals surface area contributed by atoms with Crippen molar-refractivity contribution in [3.8, 4) is 6.07 Å². The van der Waals surface area contributed by atoms with E-state index in [-0.39, 0.29) is 5.69 Å². The molecular weight excluding hydrogens is 240 g/mol. The Hall–Kier alpha value is -2.14. The Bertz CT molecular complexity index is 652. The van der Waals surface area contributed by atoms with Gasteiger partial charge in [-0.25, -0.2) is 19.9 Å². The van der Waals surface area contributed by atoms with Crippen molar-refractivity contribution in [3.63, 3.8) is 0 Å². The smallest absolute Gasteiger partial charge is 0.273 e. The van der Waals surface area contributed by atoms with Crippen LogP contribution >= 0.6 is 11.8 Å². The van der Waals surface area contributed by atoms with Crippen LogP contribution in [0.15, 0.2) is 21.2 Å². The van der Waals surface area contributed by atoms with Crippen LogP contribution in [0.4, 0.5) is 0 Å². The third kappa shape index (κ3) is 2.34. The molecule has 0 aliphatic carbocycles. The molecule has 0 amide bonds. The lowest BCUT2D eigenvalue weighted by Gasteiger charge is -2.00. The Kier molecular flexibility index (Phi) is 2.93. The van der Waals surface area contributed by atoms with Crippen LogP contribution in [-0.4, -0.2) is 24.7 Å². The standard InChI is InChI=1S/C9H8N6OS/c1-5-3-6(4-10)12-7(11-5)17-9-14-13-8(16)15(9)2/h3H,1-2H3,(H,13,16). The van der Waals surface area contributed by atoms with Crippen LogP contribution < -0.4 is 5.69 Å². The quantitative estimate of drug-likeness (QED) is 0.763. The van der Waals surface area contributed by atoms with E-state index in [2.05, 4.69) is 20.2 Å². The highest BCUT2D eigenvalue weighted by Gasteiger charge is 2.09. The van der Waals surface area contributed by atoms with E-state index in [0.29, 0.717) is 21.7 Å². The molecule has 2 rings (SSSR count). The topological polar surface area (TPSA) is 100 Å². The maximum atomic E-state index is 11.2. The van der Waals surface area contributed by atoms with Crippen LogP contribution in [0.1, 0.15) is 11.4 Å². The zero-order valence-corrected chi connectivity index (χ0v) is 9.95. The van der Waals surface area contributed by atoms with Gasteiger partial charge in [0.15, 0.2) is 10.3 Å². The van der Waals surface area contributed by atoms with Crippen molar-refractivity contribution in [2.45, 2.75) is 17.2 Å². The van der Waals surface area contributed by atoms with Crippen LogP contribution in [0.5, 0.6) is 0 Å². The fourth-order valence-corrected chi connectivity index (χ4v) is 1.96. The van der Waals surface area contributed by atoms with Crippen LogP contribution in [0.25, 0.3) is 0 Å². The molecule has 0 aliphatic rings. The lowest BCUT2D eigenvalue weighted by Crippen LogP contribution is -2.12. The van der Waals surface area contributed by atoms with Crippen LogP contribution in [0, 0.1) is 18.3 Å². The first-order valence-corrected chi connectivity index (χ1v) is 5.47. The normalized spacial score (nSPS) is 10.2. The van der Waals surface area contributed by atoms with Gasteiger partial charge in [0, 0.05) is 12.7 Å². The van der Waals surface area contributed by atoms with Gasteiger partial charge in [-0.2, -0.15) is 5.26 Å². The monoisotopic (exact) mass is 248 g/mol. The Balaban J connectivity index is 2.37. The molecule has 8 heteroatoms. The molecule has 86 valence electrons. The molecule has 0 bridgehead atoms. The number of aromatic amines is 1. The summed E-state index contributed by atoms with van der Waals surface area (Å²) in [5.74, 6) is 0. The Labute approximate surface area is 101 Å². The Morgan fingerprint density at radius 1 is 1.53 bits per heavy atom. The van der Waals surface area contributed by atoms with Gasteiger partial charge in [0.05, 0.1) is 0 Å². The number of hydrogen-bond donors (Lipinski definition) is 1. The summed E-state index contributed by atoms with van der Waals surface area (Å²) in [4.78, 5) is 19.3. The number of nitrogens with one attached hydrogen (secondary N) is 1. The van der Waals surface area contributed by atoms with Gasteiger partial charge in [-0.05, 0) is 24.8 Å². The van der Waals surface area contributed by atoms with E-state index in [1.807, 2.05) is 6.07 Å². The van der Waals surface area contributed by atoms with E-state index in [0.717, 1.165) is 11.8 Å². The van der Waals surface area contributed by atoms with Crippen molar-refractivity contribution in [2.75, 3.05) is 0 Å². The molecule has 7 nitrogen and oxygen atoms in total. The Morgan fingerprint density at radius 3 is 2.88 bits per heavy atom. The van der Waals surface area contributed by atoms with E-state index in [1.54, 1.807) is 20.0 Å². The predicted octanol–water partition coefficient (Wildman–Crippen LogP) is 0.230. The molecule has 1 N–H and O–H groups in total. The van der Waals surface area contributed by atoms with Gasteiger partial charge in [-0.15, -0.1) is 5.10 Å². The molecule has 2 aromatic rings. The summed E-state index contributed by atoms with van der Waals surface area (Å²) in [5.41, 5.74) is 0.681. The maximum Gasteiger partial charge on any atom is 0.343 e. The molecule has 2 aromatic heterocycles. The highest BCUT2D eigenvalue weighted by Crippen LogP contribution is 2.20. The van der Waals surface area contributed by atoms with Gasteiger partial charge < -0.3 is 0 Å². The zero-order chi connectivity index (χ0) is 12.4. The second-order valence-corrected chi connectivity index (χ2v) is 4.20. The number of H-pyrrole nitrogens is 1. The fraction of sp³-hybridized carbons (Fsp3) is 0.222. The van der Waals surface area contributed by atoms with Crippen molar-refractivity contribution >= 4 is 11.8 Å². The molecule has 0 saturated heterocycles. The molecule has 0 radical (unpaired) electrons. The SMILES string of the molecule is Cc1cc(C#N)nc(Sc2n[nH]c(=O)n2C)n1. The molecule has 0 atom stereocenters. The first-order chi connectivity index (χ1) is 8.10. The number of aromatic nitrogens is 5. The highest BCUT2D eigenvalue weighted by molar-refractivity contribution is 7.99. The molecule has 0 aliphatic heterocycles. The fourth-order valence-electron chi connectivity index (χ4n) is 1.15. The lowest BCUT2D eigenvalue weighted by molar-refractivity contribution is 0.761. The van der Waals surface area contributed by atoms with E-state index in [9.17, 15) is 4.79 Å². The predicted molar refractivity (Wildman–Crippen MR) is 59.4 cm³/mol. The molecule has 0 fully saturated rings. The maximum absolute atomic E-state index is 11.2. The summed E-state index contributed by atoms with van der Waals surface area (Å²) < 4.78 is 1.35. The second-order valence-electron chi connectivity index (χ2n) is 3.26. The van der Waals surface area contributed by atoms with E-state index in [4.69, 9.17) is 5.26 Å². The first kappa shape index (κ1) is 11.3. The van der Waals surface area contributed by atoms with Gasteiger partial charge >= 0.3 is 5.69 Å². The van der Waals surface area contributed by atoms with Crippen molar-refractivity contribution in [2.24, 2.45) is 7.05 Å². The average Bonchev–Trinajstić information content (AvgIpc) is 2.60. The molecule has 0 spiro atoms. The van der Waals surface area contributed by atoms with E-state index < -0.39 is 0 Å². The van der Waals surface area contributed by atoms with Crippen LogP contribution in [0.2, 0.25) is 0 Å². The number of nitriles is 1. The zero-order valence-electron chi connectivity index (χ0n) is 9.13. The number of hydrogen-bond acceptors (Lipinski definition) is 6. The van der Waals surface area contributed by atoms with Gasteiger partial charge in [-0.3, -0.25) is 4.57 Å². The molecule has 0 unspecified atom stereocenters. The summed E-state index contributed by atoms with van der Waals surface area (Å²) in [6.45, 7) is 1.77. The second kappa shape index (κ2) is 4.39. The molecule has 0 saturated carbocycles. The van der Waals surface area contributed by atoms with E-state index >= 15 is 0 Å². The van der Waals surface area contributed by atoms with Crippen molar-refractivity contribution in [1.82, 2.24) is 24.7 Å². The molecule has 0 aromatic carbocycles. The summed E-state index contributed by atoms with van der Waals surface area (Å²) in [6, 6.07) is 3.54. The minimum atomic E-state index is -0.305. The lowest BCUT2D eigenvalue weighted by atomic mass is 10.4. The number of aryl methyl sites for hydroxylation is 1. The van der Waals surface area contributed by atoms with Gasteiger partial charge in [0.1, 0.15) is 11.8 Å². The van der Waals surface area contributed by atoms with Gasteiger partial charge in [0.25, 0.3) is 0 Å². The summed E-state index contributed by atoms with van der Waals surface area (Å²) in [5, 5.41) is 15.8. The molecular formula is C9H8N6OS. The summed E-state index contributed by atoms with van der Waals surface area (Å²) in [7, 11) is 1.59. The first-order valence-electron chi connectivity index (χ1n) is 4.65. The van der Waals surface area contributed by atoms with Crippen molar-refractivity contribution < 1.29 is 0 Å². The van der Waals surface area contributed by atoms with Gasteiger partial charge in [0.2, 0.25) is 0 Å². The van der Waals surface area contributed by atoms with Gasteiger partial charge in [-0.1, -0.05) is 0 Å². The third-order valence-corrected chi connectivity index (χ3v) is 2.88. The largest absolute Gasteiger partial charge is 0.343 e. The highest BCUT2D eigenvalue weighted by atomic mass is 32.2. The average molecular weight is 248 g/mol. The van der Waals surface area contributed by atoms with Crippen LogP contribution in [0.3, 0.4) is 0 Å². The third-order valence-electron chi connectivity index (χ3n) is 1.97.